The van der Waals surface area contributed by atoms with Crippen molar-refractivity contribution in [3.05, 3.63) is 77.4 Å². The van der Waals surface area contributed by atoms with Gasteiger partial charge in [-0.3, -0.25) is 4.90 Å². The van der Waals surface area contributed by atoms with Gasteiger partial charge in [0.1, 0.15) is 12.3 Å². The van der Waals surface area contributed by atoms with Crippen LogP contribution < -0.4 is 0 Å². The summed E-state index contributed by atoms with van der Waals surface area (Å²) in [6.45, 7) is 10.7. The summed E-state index contributed by atoms with van der Waals surface area (Å²) in [5, 5.41) is 6.03. The van der Waals surface area contributed by atoms with Gasteiger partial charge >= 0.3 is 5.97 Å². The van der Waals surface area contributed by atoms with E-state index in [9.17, 15) is 4.79 Å². The fourth-order valence-corrected chi connectivity index (χ4v) is 3.77. The van der Waals surface area contributed by atoms with Gasteiger partial charge in [0.15, 0.2) is 0 Å². The van der Waals surface area contributed by atoms with Crippen molar-refractivity contribution in [1.82, 2.24) is 4.90 Å². The molecule has 1 aliphatic rings. The van der Waals surface area contributed by atoms with E-state index < -0.39 is 11.5 Å². The highest BCUT2D eigenvalue weighted by Gasteiger charge is 2.35. The first-order chi connectivity index (χ1) is 15.9. The SMILES string of the molecule is C=Cc1ccc(COC(=O)CON=C(c2ccc(C=S)cc2)C(C)(C)N2CCOCC2)cc1. The lowest BCUT2D eigenvalue weighted by Crippen LogP contribution is -2.54. The van der Waals surface area contributed by atoms with Gasteiger partial charge in [-0.2, -0.15) is 0 Å². The summed E-state index contributed by atoms with van der Waals surface area (Å²) in [6, 6.07) is 15.5. The molecule has 0 aliphatic carbocycles. The summed E-state index contributed by atoms with van der Waals surface area (Å²) in [5.41, 5.74) is 4.06. The molecule has 2 aromatic rings. The molecule has 1 saturated heterocycles. The van der Waals surface area contributed by atoms with Crippen molar-refractivity contribution in [1.29, 1.82) is 0 Å². The molecule has 6 nitrogen and oxygen atoms in total. The van der Waals surface area contributed by atoms with Gasteiger partial charge in [0, 0.05) is 24.0 Å². The molecule has 0 spiro atoms. The van der Waals surface area contributed by atoms with Crippen LogP contribution in [0.15, 0.2) is 60.3 Å². The fraction of sp³-hybridized carbons (Fsp3) is 0.346. The highest BCUT2D eigenvalue weighted by molar-refractivity contribution is 7.79. The molecule has 1 fully saturated rings. The van der Waals surface area contributed by atoms with Gasteiger partial charge in [0.05, 0.1) is 18.8 Å². The topological polar surface area (TPSA) is 60.4 Å². The van der Waals surface area contributed by atoms with E-state index in [1.165, 1.54) is 0 Å². The number of benzene rings is 2. The first-order valence-electron chi connectivity index (χ1n) is 10.9. The zero-order valence-corrected chi connectivity index (χ0v) is 20.0. The molecule has 3 rings (SSSR count). The number of nitrogens with zero attached hydrogens (tertiary/aromatic N) is 2. The lowest BCUT2D eigenvalue weighted by Gasteiger charge is -2.41. The van der Waals surface area contributed by atoms with E-state index >= 15 is 0 Å². The third-order valence-electron chi connectivity index (χ3n) is 5.65. The van der Waals surface area contributed by atoms with E-state index in [-0.39, 0.29) is 13.2 Å². The smallest absolute Gasteiger partial charge is 0.347 e. The molecule has 0 saturated carbocycles. The van der Waals surface area contributed by atoms with Crippen LogP contribution in [0.1, 0.15) is 36.1 Å². The molecule has 1 aliphatic heterocycles. The van der Waals surface area contributed by atoms with Gasteiger partial charge in [-0.05, 0) is 30.5 Å². The molecule has 7 heteroatoms. The minimum atomic E-state index is -0.480. The maximum Gasteiger partial charge on any atom is 0.347 e. The summed E-state index contributed by atoms with van der Waals surface area (Å²) in [4.78, 5) is 20.0. The predicted octanol–water partition coefficient (Wildman–Crippen LogP) is 4.25. The molecule has 1 heterocycles. The number of oxime groups is 1. The summed E-state index contributed by atoms with van der Waals surface area (Å²) >= 11 is 5.02. The van der Waals surface area contributed by atoms with Gasteiger partial charge in [-0.1, -0.05) is 78.6 Å². The van der Waals surface area contributed by atoms with Crippen LogP contribution >= 0.6 is 12.2 Å². The normalized spacial score (nSPS) is 15.0. The summed E-state index contributed by atoms with van der Waals surface area (Å²) in [6.07, 6.45) is 1.76. The summed E-state index contributed by atoms with van der Waals surface area (Å²) in [5.74, 6) is -0.480. The van der Waals surface area contributed by atoms with Crippen molar-refractivity contribution in [2.45, 2.75) is 26.0 Å². The Morgan fingerprint density at radius 2 is 1.76 bits per heavy atom. The van der Waals surface area contributed by atoms with Crippen molar-refractivity contribution in [3.8, 4) is 0 Å². The Hall–Kier alpha value is -2.87. The van der Waals surface area contributed by atoms with Crippen LogP contribution in [0.5, 0.6) is 0 Å². The number of carbonyl (C=O) groups excluding carboxylic acids is 1. The standard InChI is InChI=1S/C26H30N2O4S/c1-4-20-5-7-21(8-6-20)17-31-24(29)18-32-27-25(23-11-9-22(19-33)10-12-23)26(2,3)28-13-15-30-16-14-28/h4-12,19H,1,13-18H2,2-3H3. The number of thiocarbonyl (C=S) groups is 1. The predicted molar refractivity (Wildman–Crippen MR) is 134 cm³/mol. The highest BCUT2D eigenvalue weighted by Crippen LogP contribution is 2.23. The molecule has 0 aromatic heterocycles. The number of carbonyl (C=O) groups is 1. The minimum absolute atomic E-state index is 0.175. The monoisotopic (exact) mass is 466 g/mol. The quantitative estimate of drug-likeness (QED) is 0.226. The zero-order valence-electron chi connectivity index (χ0n) is 19.2. The molecule has 0 radical (unpaired) electrons. The van der Waals surface area contributed by atoms with Crippen molar-refractivity contribution >= 4 is 35.3 Å². The first-order valence-corrected chi connectivity index (χ1v) is 11.4. The van der Waals surface area contributed by atoms with Gasteiger partial charge in [0.25, 0.3) is 0 Å². The Labute approximate surface area is 200 Å². The molecule has 0 N–H and O–H groups in total. The van der Waals surface area contributed by atoms with Crippen LogP contribution in [0.2, 0.25) is 0 Å². The first kappa shape index (κ1) is 24.8. The van der Waals surface area contributed by atoms with E-state index in [1.807, 2.05) is 48.5 Å². The molecule has 0 atom stereocenters. The lowest BCUT2D eigenvalue weighted by atomic mass is 9.89. The summed E-state index contributed by atoms with van der Waals surface area (Å²) in [7, 11) is 0. The van der Waals surface area contributed by atoms with Gasteiger partial charge in [-0.15, -0.1) is 0 Å². The van der Waals surface area contributed by atoms with Gasteiger partial charge < -0.3 is 14.3 Å². The van der Waals surface area contributed by atoms with E-state index in [0.717, 1.165) is 41.1 Å². The Morgan fingerprint density at radius 1 is 1.12 bits per heavy atom. The third kappa shape index (κ3) is 6.81. The molecule has 0 amide bonds. The molecule has 0 unspecified atom stereocenters. The third-order valence-corrected chi connectivity index (χ3v) is 5.93. The Morgan fingerprint density at radius 3 is 2.36 bits per heavy atom. The average Bonchev–Trinajstić information content (AvgIpc) is 2.86. The van der Waals surface area contributed by atoms with E-state index in [4.69, 9.17) is 26.5 Å². The number of ether oxygens (including phenoxy) is 2. The number of hydrogen-bond acceptors (Lipinski definition) is 7. The van der Waals surface area contributed by atoms with Crippen molar-refractivity contribution in [2.75, 3.05) is 32.9 Å². The zero-order chi connectivity index (χ0) is 23.7. The van der Waals surface area contributed by atoms with Crippen molar-refractivity contribution in [2.24, 2.45) is 5.16 Å². The van der Waals surface area contributed by atoms with Crippen molar-refractivity contribution in [3.63, 3.8) is 0 Å². The molecule has 174 valence electrons. The molecule has 33 heavy (non-hydrogen) atoms. The molecular weight excluding hydrogens is 436 g/mol. The molecule has 0 bridgehead atoms. The molecule has 2 aromatic carbocycles. The van der Waals surface area contributed by atoms with Crippen LogP contribution in [-0.4, -0.2) is 60.4 Å². The fourth-order valence-electron chi connectivity index (χ4n) is 3.61. The summed E-state index contributed by atoms with van der Waals surface area (Å²) < 4.78 is 10.8. The second-order valence-corrected chi connectivity index (χ2v) is 8.45. The van der Waals surface area contributed by atoms with Crippen LogP contribution in [-0.2, 0) is 25.7 Å². The van der Waals surface area contributed by atoms with Crippen LogP contribution in [0.25, 0.3) is 6.08 Å². The minimum Gasteiger partial charge on any atom is -0.458 e. The maximum absolute atomic E-state index is 12.2. The Balaban J connectivity index is 1.68. The van der Waals surface area contributed by atoms with E-state index in [2.05, 4.69) is 30.5 Å². The molecular formula is C26H30N2O4S. The second-order valence-electron chi connectivity index (χ2n) is 8.22. The largest absolute Gasteiger partial charge is 0.458 e. The lowest BCUT2D eigenvalue weighted by molar-refractivity contribution is -0.150. The maximum atomic E-state index is 12.2. The second kappa shape index (κ2) is 11.8. The number of esters is 1. The highest BCUT2D eigenvalue weighted by atomic mass is 32.1. The van der Waals surface area contributed by atoms with Crippen LogP contribution in [0, 0.1) is 0 Å². The van der Waals surface area contributed by atoms with E-state index in [0.29, 0.717) is 13.2 Å². The van der Waals surface area contributed by atoms with E-state index in [1.54, 1.807) is 11.4 Å². The van der Waals surface area contributed by atoms with Crippen LogP contribution in [0.4, 0.5) is 0 Å². The van der Waals surface area contributed by atoms with Gasteiger partial charge in [-0.25, -0.2) is 4.79 Å². The Kier molecular flexibility index (Phi) is 8.88. The number of rotatable bonds is 10. The number of hydrogen-bond donors (Lipinski definition) is 0. The van der Waals surface area contributed by atoms with Crippen molar-refractivity contribution < 1.29 is 19.1 Å². The van der Waals surface area contributed by atoms with Gasteiger partial charge in [0.2, 0.25) is 6.61 Å². The average molecular weight is 467 g/mol. The number of morpholine rings is 1. The van der Waals surface area contributed by atoms with Crippen LogP contribution in [0.3, 0.4) is 0 Å². The Bertz CT molecular complexity index is 978.